The molecule has 1 aliphatic carbocycles. The Balaban J connectivity index is 1.63. The molecule has 3 aromatic carbocycles. The fraction of sp³-hybridized carbons (Fsp3) is 0.286. The molecule has 170 valence electrons. The van der Waals surface area contributed by atoms with E-state index in [0.717, 1.165) is 39.5 Å². The van der Waals surface area contributed by atoms with Crippen LogP contribution in [0, 0.1) is 5.92 Å². The molecule has 0 saturated heterocycles. The van der Waals surface area contributed by atoms with Gasteiger partial charge in [0.15, 0.2) is 0 Å². The number of rotatable bonds is 5. The number of halogens is 1. The molecule has 0 bridgehead atoms. The van der Waals surface area contributed by atoms with Crippen LogP contribution >= 0.6 is 15.9 Å². The number of fused-ring (bicyclic) bond motifs is 3. The lowest BCUT2D eigenvalue weighted by atomic mass is 9.65. The Morgan fingerprint density at radius 2 is 1.45 bits per heavy atom. The van der Waals surface area contributed by atoms with E-state index in [1.807, 2.05) is 30.3 Å². The molecule has 33 heavy (non-hydrogen) atoms. The number of benzene rings is 3. The fourth-order valence-corrected chi connectivity index (χ4v) is 5.72. The topological polar surface area (TPSA) is 36.9 Å². The molecule has 4 nitrogen and oxygen atoms in total. The molecule has 5 rings (SSSR count). The SMILES string of the molecule is COc1ccc([C@H]2CC=C[C@@H]3c4cc(Br)c(OC)cc4O[C@H](c4ccc(OC)cc4)[C@H]32)cc1. The van der Waals surface area contributed by atoms with E-state index in [0.29, 0.717) is 5.92 Å². The summed E-state index contributed by atoms with van der Waals surface area (Å²) < 4.78 is 24.0. The first-order valence-electron chi connectivity index (χ1n) is 11.1. The number of hydrogen-bond acceptors (Lipinski definition) is 4. The molecule has 0 N–H and O–H groups in total. The van der Waals surface area contributed by atoms with Crippen LogP contribution in [0.25, 0.3) is 0 Å². The highest BCUT2D eigenvalue weighted by molar-refractivity contribution is 9.10. The summed E-state index contributed by atoms with van der Waals surface area (Å²) in [6.07, 6.45) is 5.53. The lowest BCUT2D eigenvalue weighted by Crippen LogP contribution is -2.35. The van der Waals surface area contributed by atoms with Gasteiger partial charge < -0.3 is 18.9 Å². The van der Waals surface area contributed by atoms with Crippen molar-refractivity contribution in [3.8, 4) is 23.0 Å². The van der Waals surface area contributed by atoms with Gasteiger partial charge in [0, 0.05) is 23.5 Å². The van der Waals surface area contributed by atoms with Crippen LogP contribution in [-0.4, -0.2) is 21.3 Å². The van der Waals surface area contributed by atoms with Gasteiger partial charge in [-0.15, -0.1) is 0 Å². The number of ether oxygens (including phenoxy) is 4. The molecule has 5 heteroatoms. The van der Waals surface area contributed by atoms with E-state index >= 15 is 0 Å². The van der Waals surface area contributed by atoms with Crippen molar-refractivity contribution in [2.45, 2.75) is 24.4 Å². The van der Waals surface area contributed by atoms with Crippen LogP contribution in [0.2, 0.25) is 0 Å². The summed E-state index contributed by atoms with van der Waals surface area (Å²) in [4.78, 5) is 0. The van der Waals surface area contributed by atoms with Crippen molar-refractivity contribution in [3.63, 3.8) is 0 Å². The largest absolute Gasteiger partial charge is 0.497 e. The van der Waals surface area contributed by atoms with Crippen LogP contribution in [0.15, 0.2) is 77.3 Å². The zero-order valence-electron chi connectivity index (χ0n) is 19.0. The van der Waals surface area contributed by atoms with E-state index in [4.69, 9.17) is 18.9 Å². The van der Waals surface area contributed by atoms with E-state index in [1.54, 1.807) is 21.3 Å². The molecular weight excluding hydrogens is 480 g/mol. The first-order valence-corrected chi connectivity index (χ1v) is 11.9. The maximum absolute atomic E-state index is 6.75. The predicted molar refractivity (Wildman–Crippen MR) is 133 cm³/mol. The van der Waals surface area contributed by atoms with Crippen LogP contribution in [-0.2, 0) is 0 Å². The summed E-state index contributed by atoms with van der Waals surface area (Å²) in [5.74, 6) is 4.13. The van der Waals surface area contributed by atoms with Gasteiger partial charge in [0.1, 0.15) is 29.1 Å². The minimum atomic E-state index is -0.101. The molecule has 0 spiro atoms. The van der Waals surface area contributed by atoms with E-state index in [9.17, 15) is 0 Å². The Hall–Kier alpha value is -2.92. The van der Waals surface area contributed by atoms with Crippen molar-refractivity contribution < 1.29 is 18.9 Å². The minimum Gasteiger partial charge on any atom is -0.497 e. The monoisotopic (exact) mass is 506 g/mol. The Kier molecular flexibility index (Phi) is 6.07. The number of methoxy groups -OCH3 is 3. The van der Waals surface area contributed by atoms with Crippen molar-refractivity contribution in [1.29, 1.82) is 0 Å². The van der Waals surface area contributed by atoms with Crippen molar-refractivity contribution in [2.24, 2.45) is 5.92 Å². The van der Waals surface area contributed by atoms with Gasteiger partial charge in [0.25, 0.3) is 0 Å². The van der Waals surface area contributed by atoms with E-state index < -0.39 is 0 Å². The normalized spacial score (nSPS) is 23.2. The maximum atomic E-state index is 6.75. The zero-order valence-corrected chi connectivity index (χ0v) is 20.5. The standard InChI is InChI=1S/C28H27BrO4/c1-30-19-11-7-17(8-12-19)21-5-4-6-22-23-15-24(29)26(32-3)16-25(23)33-28(27(21)22)18-9-13-20(31-2)14-10-18/h4,6-16,21-22,27-28H,5H2,1-3H3/t21-,22-,27+,28-/m1/s1. The molecular formula is C28H27BrO4. The fourth-order valence-electron chi connectivity index (χ4n) is 5.20. The molecule has 0 amide bonds. The van der Waals surface area contributed by atoms with Crippen LogP contribution < -0.4 is 18.9 Å². The first kappa shape index (κ1) is 21.9. The Morgan fingerprint density at radius 1 is 0.818 bits per heavy atom. The summed E-state index contributed by atoms with van der Waals surface area (Å²) >= 11 is 3.67. The summed E-state index contributed by atoms with van der Waals surface area (Å²) in [6.45, 7) is 0. The van der Waals surface area contributed by atoms with E-state index in [1.165, 1.54) is 11.1 Å². The molecule has 0 radical (unpaired) electrons. The molecule has 1 heterocycles. The van der Waals surface area contributed by atoms with E-state index in [2.05, 4.69) is 58.4 Å². The molecule has 3 aromatic rings. The van der Waals surface area contributed by atoms with Gasteiger partial charge in [-0.1, -0.05) is 36.4 Å². The van der Waals surface area contributed by atoms with Gasteiger partial charge in [0.2, 0.25) is 0 Å². The van der Waals surface area contributed by atoms with E-state index in [-0.39, 0.29) is 17.9 Å². The van der Waals surface area contributed by atoms with Crippen LogP contribution in [0.3, 0.4) is 0 Å². The number of allylic oxidation sites excluding steroid dienone is 2. The van der Waals surface area contributed by atoms with Crippen molar-refractivity contribution >= 4 is 15.9 Å². The average molecular weight is 507 g/mol. The second-order valence-corrected chi connectivity index (χ2v) is 9.34. The zero-order chi connectivity index (χ0) is 22.9. The smallest absolute Gasteiger partial charge is 0.136 e. The predicted octanol–water partition coefficient (Wildman–Crippen LogP) is 7.05. The molecule has 2 aliphatic rings. The summed E-state index contributed by atoms with van der Waals surface area (Å²) in [7, 11) is 5.07. The second-order valence-electron chi connectivity index (χ2n) is 8.48. The van der Waals surface area contributed by atoms with Crippen molar-refractivity contribution in [1.82, 2.24) is 0 Å². The maximum Gasteiger partial charge on any atom is 0.136 e. The van der Waals surface area contributed by atoms with Gasteiger partial charge in [-0.25, -0.2) is 0 Å². The molecule has 0 fully saturated rings. The molecule has 1 aliphatic heterocycles. The van der Waals surface area contributed by atoms with Crippen LogP contribution in [0.4, 0.5) is 0 Å². The Bertz CT molecular complexity index is 1150. The van der Waals surface area contributed by atoms with Crippen molar-refractivity contribution in [3.05, 3.63) is 94.0 Å². The van der Waals surface area contributed by atoms with Crippen molar-refractivity contribution in [2.75, 3.05) is 21.3 Å². The highest BCUT2D eigenvalue weighted by atomic mass is 79.9. The summed E-state index contributed by atoms with van der Waals surface area (Å²) in [5.41, 5.74) is 3.63. The molecule has 4 atom stereocenters. The van der Waals surface area contributed by atoms with Crippen LogP contribution in [0.5, 0.6) is 23.0 Å². The highest BCUT2D eigenvalue weighted by Gasteiger charge is 2.44. The van der Waals surface area contributed by atoms with Gasteiger partial charge >= 0.3 is 0 Å². The summed E-state index contributed by atoms with van der Waals surface area (Å²) in [6, 6.07) is 20.9. The van der Waals surface area contributed by atoms with Gasteiger partial charge in [-0.2, -0.15) is 0 Å². The van der Waals surface area contributed by atoms with Gasteiger partial charge in [0.05, 0.1) is 25.8 Å². The van der Waals surface area contributed by atoms with Gasteiger partial charge in [-0.3, -0.25) is 0 Å². The first-order chi connectivity index (χ1) is 16.1. The lowest BCUT2D eigenvalue weighted by molar-refractivity contribution is 0.0806. The Labute approximate surface area is 203 Å². The number of hydrogen-bond donors (Lipinski definition) is 0. The third-order valence-electron chi connectivity index (χ3n) is 6.85. The summed E-state index contributed by atoms with van der Waals surface area (Å²) in [5, 5.41) is 0. The third-order valence-corrected chi connectivity index (χ3v) is 7.47. The average Bonchev–Trinajstić information content (AvgIpc) is 2.87. The Morgan fingerprint density at radius 3 is 2.06 bits per heavy atom. The lowest BCUT2D eigenvalue weighted by Gasteiger charge is -2.45. The molecule has 0 saturated carbocycles. The minimum absolute atomic E-state index is 0.101. The molecule has 0 unspecified atom stereocenters. The third kappa shape index (κ3) is 3.99. The van der Waals surface area contributed by atoms with Crippen LogP contribution in [0.1, 0.15) is 41.1 Å². The second kappa shape index (κ2) is 9.14. The quantitative estimate of drug-likeness (QED) is 0.347. The highest BCUT2D eigenvalue weighted by Crippen LogP contribution is 2.56. The molecule has 0 aromatic heterocycles. The van der Waals surface area contributed by atoms with Gasteiger partial charge in [-0.05, 0) is 69.7 Å².